The molecule has 0 bridgehead atoms. The summed E-state index contributed by atoms with van der Waals surface area (Å²) in [7, 11) is 1.37. The summed E-state index contributed by atoms with van der Waals surface area (Å²) in [5, 5.41) is 3.94. The zero-order valence-electron chi connectivity index (χ0n) is 10.2. The average Bonchev–Trinajstić information content (AvgIpc) is 3.08. The van der Waals surface area contributed by atoms with Crippen molar-refractivity contribution in [3.8, 4) is 11.4 Å². The molecule has 0 atom stereocenters. The van der Waals surface area contributed by atoms with E-state index in [4.69, 9.17) is 9.26 Å². The van der Waals surface area contributed by atoms with Gasteiger partial charge < -0.3 is 9.26 Å². The molecule has 1 aromatic heterocycles. The molecule has 98 valence electrons. The Morgan fingerprint density at radius 1 is 1.47 bits per heavy atom. The molecule has 19 heavy (non-hydrogen) atoms. The van der Waals surface area contributed by atoms with E-state index in [0.29, 0.717) is 24.6 Å². The summed E-state index contributed by atoms with van der Waals surface area (Å²) in [6.07, 6.45) is 1.39. The van der Waals surface area contributed by atoms with Crippen molar-refractivity contribution in [1.29, 1.82) is 0 Å². The van der Waals surface area contributed by atoms with Crippen molar-refractivity contribution in [2.24, 2.45) is 0 Å². The summed E-state index contributed by atoms with van der Waals surface area (Å²) in [5.74, 6) is 0.512. The van der Waals surface area contributed by atoms with E-state index in [9.17, 15) is 4.79 Å². The zero-order chi connectivity index (χ0) is 13.5. The van der Waals surface area contributed by atoms with Gasteiger partial charge in [-0.2, -0.15) is 4.98 Å². The van der Waals surface area contributed by atoms with E-state index in [2.05, 4.69) is 26.1 Å². The van der Waals surface area contributed by atoms with E-state index in [1.807, 2.05) is 24.3 Å². The van der Waals surface area contributed by atoms with Gasteiger partial charge in [-0.1, -0.05) is 33.2 Å². The lowest BCUT2D eigenvalue weighted by Crippen LogP contribution is -2.22. The molecular weight excluding hydrogens is 312 g/mol. The van der Waals surface area contributed by atoms with Crippen LogP contribution in [0.5, 0.6) is 0 Å². The number of carbonyl (C=O) groups is 1. The van der Waals surface area contributed by atoms with Crippen molar-refractivity contribution in [1.82, 2.24) is 10.1 Å². The fourth-order valence-electron chi connectivity index (χ4n) is 1.99. The molecule has 3 rings (SSSR count). The third-order valence-corrected chi connectivity index (χ3v) is 3.74. The maximum atomic E-state index is 11.7. The smallest absolute Gasteiger partial charge is 0.321 e. The molecule has 1 saturated carbocycles. The number of hydrogen-bond acceptors (Lipinski definition) is 5. The average molecular weight is 323 g/mol. The molecule has 0 aliphatic heterocycles. The molecule has 1 heterocycles. The van der Waals surface area contributed by atoms with Crippen LogP contribution in [0.2, 0.25) is 0 Å². The van der Waals surface area contributed by atoms with Gasteiger partial charge in [0.2, 0.25) is 11.7 Å². The molecule has 0 amide bonds. The van der Waals surface area contributed by atoms with Crippen molar-refractivity contribution >= 4 is 21.9 Å². The molecule has 1 aromatic carbocycles. The molecule has 0 saturated heterocycles. The standard InChI is InChI=1S/C13H11BrN2O3/c1-18-12(17)13(5-6-13)11-15-10(16-19-11)8-3-2-4-9(14)7-8/h2-4,7H,5-6H2,1H3. The molecule has 6 heteroatoms. The molecule has 1 fully saturated rings. The Hall–Kier alpha value is -1.69. The van der Waals surface area contributed by atoms with Crippen LogP contribution >= 0.6 is 15.9 Å². The van der Waals surface area contributed by atoms with Crippen LogP contribution in [0, 0.1) is 0 Å². The highest BCUT2D eigenvalue weighted by Gasteiger charge is 2.57. The van der Waals surface area contributed by atoms with E-state index in [1.54, 1.807) is 0 Å². The molecule has 5 nitrogen and oxygen atoms in total. The SMILES string of the molecule is COC(=O)C1(c2nc(-c3cccc(Br)c3)no2)CC1. The van der Waals surface area contributed by atoms with Gasteiger partial charge in [0.25, 0.3) is 0 Å². The molecule has 1 aliphatic carbocycles. The van der Waals surface area contributed by atoms with Crippen LogP contribution in [0.4, 0.5) is 0 Å². The van der Waals surface area contributed by atoms with Crippen LogP contribution in [-0.4, -0.2) is 23.2 Å². The van der Waals surface area contributed by atoms with E-state index in [-0.39, 0.29) is 5.97 Å². The second kappa shape index (κ2) is 4.45. The number of ether oxygens (including phenoxy) is 1. The largest absolute Gasteiger partial charge is 0.468 e. The topological polar surface area (TPSA) is 65.2 Å². The van der Waals surface area contributed by atoms with Gasteiger partial charge in [-0.3, -0.25) is 4.79 Å². The lowest BCUT2D eigenvalue weighted by atomic mass is 10.1. The number of nitrogens with zero attached hydrogens (tertiary/aromatic N) is 2. The van der Waals surface area contributed by atoms with E-state index < -0.39 is 5.41 Å². The Labute approximate surface area is 118 Å². The fraction of sp³-hybridized carbons (Fsp3) is 0.308. The highest BCUT2D eigenvalue weighted by atomic mass is 79.9. The molecule has 0 radical (unpaired) electrons. The molecule has 0 spiro atoms. The first-order chi connectivity index (χ1) is 9.15. The van der Waals surface area contributed by atoms with Crippen LogP contribution in [0.15, 0.2) is 33.3 Å². The number of aromatic nitrogens is 2. The summed E-state index contributed by atoms with van der Waals surface area (Å²) in [5.41, 5.74) is 0.122. The summed E-state index contributed by atoms with van der Waals surface area (Å²) >= 11 is 3.39. The predicted octanol–water partition coefficient (Wildman–Crippen LogP) is 2.70. The maximum Gasteiger partial charge on any atom is 0.321 e. The van der Waals surface area contributed by atoms with Gasteiger partial charge in [-0.15, -0.1) is 0 Å². The first-order valence-electron chi connectivity index (χ1n) is 5.84. The predicted molar refractivity (Wildman–Crippen MR) is 70.4 cm³/mol. The third-order valence-electron chi connectivity index (χ3n) is 3.24. The Bertz CT molecular complexity index is 634. The molecule has 1 aliphatic rings. The van der Waals surface area contributed by atoms with Crippen LogP contribution in [0.1, 0.15) is 18.7 Å². The summed E-state index contributed by atoms with van der Waals surface area (Å²) < 4.78 is 11.0. The monoisotopic (exact) mass is 322 g/mol. The summed E-state index contributed by atoms with van der Waals surface area (Å²) in [4.78, 5) is 16.1. The van der Waals surface area contributed by atoms with Crippen LogP contribution < -0.4 is 0 Å². The quantitative estimate of drug-likeness (QED) is 0.813. The Morgan fingerprint density at radius 2 is 2.26 bits per heavy atom. The van der Waals surface area contributed by atoms with Gasteiger partial charge in [-0.25, -0.2) is 0 Å². The molecule has 0 unspecified atom stereocenters. The summed E-state index contributed by atoms with van der Waals surface area (Å²) in [6, 6.07) is 7.59. The third kappa shape index (κ3) is 2.06. The number of halogens is 1. The van der Waals surface area contributed by atoms with E-state index in [1.165, 1.54) is 7.11 Å². The van der Waals surface area contributed by atoms with Crippen LogP contribution in [-0.2, 0) is 14.9 Å². The molecule has 2 aromatic rings. The number of benzene rings is 1. The number of esters is 1. The van der Waals surface area contributed by atoms with Crippen molar-refractivity contribution < 1.29 is 14.1 Å². The van der Waals surface area contributed by atoms with Crippen molar-refractivity contribution in [3.05, 3.63) is 34.6 Å². The minimum Gasteiger partial charge on any atom is -0.468 e. The van der Waals surface area contributed by atoms with Crippen molar-refractivity contribution in [2.45, 2.75) is 18.3 Å². The number of methoxy groups -OCH3 is 1. The van der Waals surface area contributed by atoms with Crippen LogP contribution in [0.3, 0.4) is 0 Å². The van der Waals surface area contributed by atoms with Gasteiger partial charge in [-0.05, 0) is 25.0 Å². The molecule has 0 N–H and O–H groups in total. The number of rotatable bonds is 3. The lowest BCUT2D eigenvalue weighted by molar-refractivity contribution is -0.144. The van der Waals surface area contributed by atoms with E-state index >= 15 is 0 Å². The van der Waals surface area contributed by atoms with Gasteiger partial charge in [0.15, 0.2) is 0 Å². The zero-order valence-corrected chi connectivity index (χ0v) is 11.8. The lowest BCUT2D eigenvalue weighted by Gasteiger charge is -2.05. The van der Waals surface area contributed by atoms with Crippen molar-refractivity contribution in [2.75, 3.05) is 7.11 Å². The van der Waals surface area contributed by atoms with Gasteiger partial charge in [0.1, 0.15) is 5.41 Å². The first kappa shape index (κ1) is 12.3. The first-order valence-corrected chi connectivity index (χ1v) is 6.63. The minimum atomic E-state index is -0.716. The highest BCUT2D eigenvalue weighted by molar-refractivity contribution is 9.10. The Balaban J connectivity index is 1.94. The van der Waals surface area contributed by atoms with E-state index in [0.717, 1.165) is 10.0 Å². The van der Waals surface area contributed by atoms with Crippen molar-refractivity contribution in [3.63, 3.8) is 0 Å². The highest BCUT2D eigenvalue weighted by Crippen LogP contribution is 2.48. The fourth-order valence-corrected chi connectivity index (χ4v) is 2.39. The van der Waals surface area contributed by atoms with Crippen LogP contribution in [0.25, 0.3) is 11.4 Å². The maximum absolute atomic E-state index is 11.7. The number of hydrogen-bond donors (Lipinski definition) is 0. The summed E-state index contributed by atoms with van der Waals surface area (Å²) in [6.45, 7) is 0. The normalized spacial score (nSPS) is 16.1. The van der Waals surface area contributed by atoms with Gasteiger partial charge in [0.05, 0.1) is 7.11 Å². The molecular formula is C13H11BrN2O3. The second-order valence-electron chi connectivity index (χ2n) is 4.51. The number of carbonyl (C=O) groups excluding carboxylic acids is 1. The Kier molecular flexibility index (Phi) is 2.89. The minimum absolute atomic E-state index is 0.308. The van der Waals surface area contributed by atoms with Gasteiger partial charge in [0, 0.05) is 10.0 Å². The van der Waals surface area contributed by atoms with Gasteiger partial charge >= 0.3 is 5.97 Å². The second-order valence-corrected chi connectivity index (χ2v) is 5.42. The Morgan fingerprint density at radius 3 is 2.89 bits per heavy atom.